The maximum absolute atomic E-state index is 12.7. The van der Waals surface area contributed by atoms with Gasteiger partial charge in [0.2, 0.25) is 5.91 Å². The van der Waals surface area contributed by atoms with Crippen LogP contribution in [0, 0.1) is 20.8 Å². The number of hydrogen-bond donors (Lipinski definition) is 1. The monoisotopic (exact) mass is 344 g/mol. The molecular formula is C18H20N2O3S. The quantitative estimate of drug-likeness (QED) is 0.927. The Morgan fingerprint density at radius 2 is 2.00 bits per heavy atom. The summed E-state index contributed by atoms with van der Waals surface area (Å²) in [5, 5.41) is 2.94. The molecule has 0 bridgehead atoms. The molecule has 1 N–H and O–H groups in total. The molecule has 2 heterocycles. The van der Waals surface area contributed by atoms with E-state index in [1.165, 1.54) is 0 Å². The van der Waals surface area contributed by atoms with Crippen LogP contribution in [0.25, 0.3) is 0 Å². The molecule has 126 valence electrons. The lowest BCUT2D eigenvalue weighted by Crippen LogP contribution is -2.44. The van der Waals surface area contributed by atoms with Crippen LogP contribution in [0.2, 0.25) is 0 Å². The molecule has 1 aromatic carbocycles. The van der Waals surface area contributed by atoms with Gasteiger partial charge in [-0.05, 0) is 44.5 Å². The Morgan fingerprint density at radius 1 is 1.21 bits per heavy atom. The Labute approximate surface area is 145 Å². The van der Waals surface area contributed by atoms with E-state index in [1.807, 2.05) is 32.0 Å². The molecule has 3 rings (SSSR count). The van der Waals surface area contributed by atoms with Crippen molar-refractivity contribution in [1.82, 2.24) is 4.90 Å². The minimum atomic E-state index is -0.492. The van der Waals surface area contributed by atoms with E-state index in [2.05, 4.69) is 5.32 Å². The van der Waals surface area contributed by atoms with Crippen molar-refractivity contribution in [3.05, 3.63) is 53.0 Å². The van der Waals surface area contributed by atoms with Crippen LogP contribution in [0.3, 0.4) is 0 Å². The average molecular weight is 344 g/mol. The minimum Gasteiger partial charge on any atom is -0.456 e. The van der Waals surface area contributed by atoms with Crippen molar-refractivity contribution in [2.75, 3.05) is 16.9 Å². The molecule has 0 radical (unpaired) electrons. The van der Waals surface area contributed by atoms with Gasteiger partial charge in [0, 0.05) is 11.4 Å². The predicted octanol–water partition coefficient (Wildman–Crippen LogP) is 3.36. The van der Waals surface area contributed by atoms with E-state index in [4.69, 9.17) is 4.42 Å². The van der Waals surface area contributed by atoms with Crippen LogP contribution in [0.1, 0.15) is 27.4 Å². The second-order valence-electron chi connectivity index (χ2n) is 6.01. The fourth-order valence-electron chi connectivity index (χ4n) is 2.72. The number of carbonyl (C=O) groups is 2. The van der Waals surface area contributed by atoms with Gasteiger partial charge >= 0.3 is 0 Å². The largest absolute Gasteiger partial charge is 0.456 e. The minimum absolute atomic E-state index is 0.163. The van der Waals surface area contributed by atoms with Crippen LogP contribution < -0.4 is 5.32 Å². The number of nitrogens with zero attached hydrogens (tertiary/aromatic N) is 1. The van der Waals surface area contributed by atoms with Crippen molar-refractivity contribution in [1.29, 1.82) is 0 Å². The molecule has 1 unspecified atom stereocenters. The second kappa shape index (κ2) is 6.73. The third-order valence-corrected chi connectivity index (χ3v) is 5.05. The number of thioether (sulfide) groups is 1. The molecule has 2 aromatic rings. The first-order valence-electron chi connectivity index (χ1n) is 7.79. The molecule has 5 nitrogen and oxygen atoms in total. The van der Waals surface area contributed by atoms with Gasteiger partial charge < -0.3 is 14.6 Å². The highest BCUT2D eigenvalue weighted by Crippen LogP contribution is 2.25. The van der Waals surface area contributed by atoms with Gasteiger partial charge in [-0.2, -0.15) is 0 Å². The number of aryl methyl sites for hydroxylation is 3. The van der Waals surface area contributed by atoms with Gasteiger partial charge in [-0.1, -0.05) is 17.7 Å². The molecule has 1 fully saturated rings. The Kier molecular flexibility index (Phi) is 4.66. The summed E-state index contributed by atoms with van der Waals surface area (Å²) in [6, 6.07) is 8.79. The van der Waals surface area contributed by atoms with Crippen molar-refractivity contribution in [2.45, 2.75) is 26.8 Å². The Balaban J connectivity index is 1.75. The highest BCUT2D eigenvalue weighted by atomic mass is 32.2. The standard InChI is InChI=1S/C18H20N2O3S/c1-11-4-6-14(12(2)8-11)19-17(21)15-9-24-10-20(15)18(22)16-7-5-13(3)23-16/h4-8,15H,9-10H2,1-3H3,(H,19,21). The van der Waals surface area contributed by atoms with E-state index in [0.717, 1.165) is 16.8 Å². The molecule has 0 spiro atoms. The predicted molar refractivity (Wildman–Crippen MR) is 95.3 cm³/mol. The maximum Gasteiger partial charge on any atom is 0.290 e. The summed E-state index contributed by atoms with van der Waals surface area (Å²) in [6.07, 6.45) is 0. The zero-order valence-corrected chi connectivity index (χ0v) is 14.8. The molecular weight excluding hydrogens is 324 g/mol. The Morgan fingerprint density at radius 3 is 2.67 bits per heavy atom. The number of rotatable bonds is 3. The smallest absolute Gasteiger partial charge is 0.290 e. The Bertz CT molecular complexity index is 784. The van der Waals surface area contributed by atoms with Crippen molar-refractivity contribution in [2.24, 2.45) is 0 Å². The lowest BCUT2D eigenvalue weighted by atomic mass is 10.1. The van der Waals surface area contributed by atoms with Crippen molar-refractivity contribution in [3.63, 3.8) is 0 Å². The third-order valence-electron chi connectivity index (χ3n) is 4.04. The molecule has 0 aliphatic carbocycles. The maximum atomic E-state index is 12.7. The molecule has 1 aliphatic heterocycles. The SMILES string of the molecule is Cc1ccc(NC(=O)C2CSCN2C(=O)c2ccc(C)o2)c(C)c1. The van der Waals surface area contributed by atoms with Gasteiger partial charge in [-0.15, -0.1) is 11.8 Å². The van der Waals surface area contributed by atoms with Crippen molar-refractivity contribution in [3.8, 4) is 0 Å². The lowest BCUT2D eigenvalue weighted by molar-refractivity contribution is -0.119. The first-order chi connectivity index (χ1) is 11.5. The van der Waals surface area contributed by atoms with Gasteiger partial charge in [-0.3, -0.25) is 9.59 Å². The summed E-state index contributed by atoms with van der Waals surface area (Å²) in [5.41, 5.74) is 2.93. The van der Waals surface area contributed by atoms with Crippen LogP contribution in [-0.2, 0) is 4.79 Å². The van der Waals surface area contributed by atoms with Gasteiger partial charge in [0.05, 0.1) is 5.88 Å². The van der Waals surface area contributed by atoms with Crippen molar-refractivity contribution < 1.29 is 14.0 Å². The first-order valence-corrected chi connectivity index (χ1v) is 8.94. The summed E-state index contributed by atoms with van der Waals surface area (Å²) >= 11 is 1.57. The van der Waals surface area contributed by atoms with Gasteiger partial charge in [0.1, 0.15) is 11.8 Å². The zero-order valence-electron chi connectivity index (χ0n) is 14.0. The molecule has 1 aromatic heterocycles. The summed E-state index contributed by atoms with van der Waals surface area (Å²) in [7, 11) is 0. The van der Waals surface area contributed by atoms with Crippen LogP contribution in [-0.4, -0.2) is 34.4 Å². The van der Waals surface area contributed by atoms with Crippen molar-refractivity contribution >= 4 is 29.3 Å². The molecule has 1 atom stereocenters. The number of anilines is 1. The highest BCUT2D eigenvalue weighted by molar-refractivity contribution is 7.99. The molecule has 1 aliphatic rings. The zero-order chi connectivity index (χ0) is 17.3. The average Bonchev–Trinajstić information content (AvgIpc) is 3.18. The molecule has 1 saturated heterocycles. The summed E-state index contributed by atoms with van der Waals surface area (Å²) in [6.45, 7) is 5.76. The van der Waals surface area contributed by atoms with Gasteiger partial charge in [0.25, 0.3) is 5.91 Å². The summed E-state index contributed by atoms with van der Waals surface area (Å²) in [4.78, 5) is 26.8. The number of amides is 2. The lowest BCUT2D eigenvalue weighted by Gasteiger charge is -2.22. The van der Waals surface area contributed by atoms with E-state index in [-0.39, 0.29) is 17.6 Å². The number of hydrogen-bond acceptors (Lipinski definition) is 4. The topological polar surface area (TPSA) is 62.6 Å². The van der Waals surface area contributed by atoms with Crippen LogP contribution in [0.15, 0.2) is 34.7 Å². The van der Waals surface area contributed by atoms with E-state index in [0.29, 0.717) is 17.4 Å². The van der Waals surface area contributed by atoms with E-state index >= 15 is 0 Å². The van der Waals surface area contributed by atoms with Gasteiger partial charge in [-0.25, -0.2) is 0 Å². The van der Waals surface area contributed by atoms with E-state index in [9.17, 15) is 9.59 Å². The second-order valence-corrected chi connectivity index (χ2v) is 7.01. The van der Waals surface area contributed by atoms with E-state index in [1.54, 1.807) is 35.7 Å². The number of furan rings is 1. The normalized spacial score (nSPS) is 17.1. The number of carbonyl (C=O) groups excluding carboxylic acids is 2. The highest BCUT2D eigenvalue weighted by Gasteiger charge is 2.36. The Hall–Kier alpha value is -2.21. The fraction of sp³-hybridized carbons (Fsp3) is 0.333. The van der Waals surface area contributed by atoms with Crippen LogP contribution in [0.5, 0.6) is 0 Å². The number of nitrogens with one attached hydrogen (secondary N) is 1. The van der Waals surface area contributed by atoms with Gasteiger partial charge in [0.15, 0.2) is 5.76 Å². The van der Waals surface area contributed by atoms with Crippen LogP contribution >= 0.6 is 11.8 Å². The fourth-order valence-corrected chi connectivity index (χ4v) is 3.87. The molecule has 24 heavy (non-hydrogen) atoms. The molecule has 2 amide bonds. The molecule has 6 heteroatoms. The first kappa shape index (κ1) is 16.6. The third kappa shape index (κ3) is 3.33. The number of benzene rings is 1. The molecule has 0 saturated carbocycles. The van der Waals surface area contributed by atoms with E-state index < -0.39 is 6.04 Å². The summed E-state index contributed by atoms with van der Waals surface area (Å²) < 4.78 is 5.40. The summed E-state index contributed by atoms with van der Waals surface area (Å²) in [5.74, 6) is 1.63. The van der Waals surface area contributed by atoms with Crippen LogP contribution in [0.4, 0.5) is 5.69 Å².